The molecule has 1 aromatic rings. The zero-order valence-electron chi connectivity index (χ0n) is 12.8. The summed E-state index contributed by atoms with van der Waals surface area (Å²) >= 11 is 0. The second kappa shape index (κ2) is 5.55. The van der Waals surface area contributed by atoms with Crippen LogP contribution in [0.3, 0.4) is 0 Å². The summed E-state index contributed by atoms with van der Waals surface area (Å²) in [6, 6.07) is 0. The summed E-state index contributed by atoms with van der Waals surface area (Å²) in [5.41, 5.74) is 5.43. The maximum absolute atomic E-state index is 12.6. The molecule has 2 saturated heterocycles. The standard InChI is InChI=1S/C15H21N5O2/c1-2-5-19-6-3-15(14(19)22)4-7-20(10-15)13(21)11-8-17-9-12(16)18-11/h8-9H,2-7,10H2,1H3,(H2,16,18). The Morgan fingerprint density at radius 3 is 2.86 bits per heavy atom. The Morgan fingerprint density at radius 1 is 1.36 bits per heavy atom. The van der Waals surface area contributed by atoms with Crippen LogP contribution in [-0.2, 0) is 4.79 Å². The second-order valence-electron chi connectivity index (χ2n) is 6.13. The number of carbonyl (C=O) groups is 2. The number of hydrogen-bond acceptors (Lipinski definition) is 5. The highest BCUT2D eigenvalue weighted by atomic mass is 16.2. The molecule has 0 saturated carbocycles. The van der Waals surface area contributed by atoms with Gasteiger partial charge in [0, 0.05) is 26.2 Å². The van der Waals surface area contributed by atoms with Gasteiger partial charge < -0.3 is 15.5 Å². The fourth-order valence-corrected chi connectivity index (χ4v) is 3.45. The van der Waals surface area contributed by atoms with Crippen molar-refractivity contribution in [3.8, 4) is 0 Å². The molecule has 2 amide bonds. The third-order valence-corrected chi connectivity index (χ3v) is 4.61. The summed E-state index contributed by atoms with van der Waals surface area (Å²) in [4.78, 5) is 36.7. The first-order chi connectivity index (χ1) is 10.6. The normalized spacial score (nSPS) is 24.5. The van der Waals surface area contributed by atoms with Crippen LogP contribution in [0.15, 0.2) is 12.4 Å². The molecule has 3 rings (SSSR count). The number of nitrogens with zero attached hydrogens (tertiary/aromatic N) is 4. The van der Waals surface area contributed by atoms with Crippen LogP contribution < -0.4 is 5.73 Å². The highest BCUT2D eigenvalue weighted by molar-refractivity contribution is 5.94. The van der Waals surface area contributed by atoms with Crippen LogP contribution in [0, 0.1) is 5.41 Å². The van der Waals surface area contributed by atoms with Crippen LogP contribution in [0.1, 0.15) is 36.7 Å². The van der Waals surface area contributed by atoms with Gasteiger partial charge in [0.15, 0.2) is 0 Å². The summed E-state index contributed by atoms with van der Waals surface area (Å²) < 4.78 is 0. The molecule has 2 aliphatic heterocycles. The molecule has 2 fully saturated rings. The molecule has 1 unspecified atom stereocenters. The Kier molecular flexibility index (Phi) is 3.72. The number of amides is 2. The second-order valence-corrected chi connectivity index (χ2v) is 6.13. The molecule has 2 N–H and O–H groups in total. The van der Waals surface area contributed by atoms with E-state index in [0.717, 1.165) is 32.4 Å². The third kappa shape index (κ3) is 2.40. The first kappa shape index (κ1) is 14.7. The van der Waals surface area contributed by atoms with E-state index >= 15 is 0 Å². The molecule has 7 nitrogen and oxygen atoms in total. The number of aromatic nitrogens is 2. The van der Waals surface area contributed by atoms with Gasteiger partial charge in [0.05, 0.1) is 17.8 Å². The molecule has 1 spiro atoms. The molecule has 3 heterocycles. The van der Waals surface area contributed by atoms with Crippen molar-refractivity contribution < 1.29 is 9.59 Å². The Balaban J connectivity index is 1.73. The zero-order chi connectivity index (χ0) is 15.7. The molecule has 2 aliphatic rings. The van der Waals surface area contributed by atoms with Gasteiger partial charge >= 0.3 is 0 Å². The minimum absolute atomic E-state index is 0.196. The molecule has 0 bridgehead atoms. The van der Waals surface area contributed by atoms with Crippen LogP contribution in [0.5, 0.6) is 0 Å². The topological polar surface area (TPSA) is 92.4 Å². The zero-order valence-corrected chi connectivity index (χ0v) is 12.8. The lowest BCUT2D eigenvalue weighted by atomic mass is 9.85. The van der Waals surface area contributed by atoms with Gasteiger partial charge in [-0.05, 0) is 19.3 Å². The van der Waals surface area contributed by atoms with Crippen molar-refractivity contribution in [2.24, 2.45) is 5.41 Å². The molecule has 22 heavy (non-hydrogen) atoms. The van der Waals surface area contributed by atoms with Crippen molar-refractivity contribution in [2.45, 2.75) is 26.2 Å². The predicted octanol–water partition coefficient (Wildman–Crippen LogP) is 0.533. The fraction of sp³-hybridized carbons (Fsp3) is 0.600. The molecular weight excluding hydrogens is 282 g/mol. The van der Waals surface area contributed by atoms with Crippen molar-refractivity contribution >= 4 is 17.6 Å². The van der Waals surface area contributed by atoms with Crippen molar-refractivity contribution in [2.75, 3.05) is 31.9 Å². The molecule has 0 radical (unpaired) electrons. The Morgan fingerprint density at radius 2 is 2.14 bits per heavy atom. The van der Waals surface area contributed by atoms with E-state index in [0.29, 0.717) is 13.1 Å². The monoisotopic (exact) mass is 303 g/mol. The largest absolute Gasteiger partial charge is 0.382 e. The van der Waals surface area contributed by atoms with Crippen LogP contribution in [0.2, 0.25) is 0 Å². The van der Waals surface area contributed by atoms with Gasteiger partial charge in [0.25, 0.3) is 5.91 Å². The van der Waals surface area contributed by atoms with Crippen molar-refractivity contribution in [1.82, 2.24) is 19.8 Å². The van der Waals surface area contributed by atoms with Gasteiger partial charge in [0.2, 0.25) is 5.91 Å². The van der Waals surface area contributed by atoms with E-state index < -0.39 is 5.41 Å². The number of anilines is 1. The SMILES string of the molecule is CCCN1CCC2(CCN(C(=O)c3cncc(N)n3)C2)C1=O. The van der Waals surface area contributed by atoms with Gasteiger partial charge in [0.1, 0.15) is 11.5 Å². The van der Waals surface area contributed by atoms with Crippen molar-refractivity contribution in [1.29, 1.82) is 0 Å². The first-order valence-electron chi connectivity index (χ1n) is 7.72. The van der Waals surface area contributed by atoms with Crippen LogP contribution in [0.4, 0.5) is 5.82 Å². The smallest absolute Gasteiger partial charge is 0.274 e. The van der Waals surface area contributed by atoms with Crippen LogP contribution in [-0.4, -0.2) is 57.8 Å². The van der Waals surface area contributed by atoms with E-state index in [4.69, 9.17) is 5.73 Å². The average molecular weight is 303 g/mol. The van der Waals surface area contributed by atoms with Crippen molar-refractivity contribution in [3.63, 3.8) is 0 Å². The first-order valence-corrected chi connectivity index (χ1v) is 7.72. The average Bonchev–Trinajstić information content (AvgIpc) is 3.07. The Labute approximate surface area is 129 Å². The summed E-state index contributed by atoms with van der Waals surface area (Å²) in [5.74, 6) is 0.229. The molecule has 118 valence electrons. The minimum Gasteiger partial charge on any atom is -0.382 e. The third-order valence-electron chi connectivity index (χ3n) is 4.61. The van der Waals surface area contributed by atoms with Gasteiger partial charge in [-0.3, -0.25) is 14.6 Å². The minimum atomic E-state index is -0.390. The van der Waals surface area contributed by atoms with E-state index in [1.807, 2.05) is 4.90 Å². The maximum Gasteiger partial charge on any atom is 0.274 e. The molecular formula is C15H21N5O2. The Hall–Kier alpha value is -2.18. The lowest BCUT2D eigenvalue weighted by Gasteiger charge is -2.23. The van der Waals surface area contributed by atoms with E-state index in [1.165, 1.54) is 12.4 Å². The predicted molar refractivity (Wildman–Crippen MR) is 80.9 cm³/mol. The molecule has 1 atom stereocenters. The fourth-order valence-electron chi connectivity index (χ4n) is 3.45. The van der Waals surface area contributed by atoms with E-state index in [-0.39, 0.29) is 23.3 Å². The molecule has 1 aromatic heterocycles. The highest BCUT2D eigenvalue weighted by Crippen LogP contribution is 2.41. The van der Waals surface area contributed by atoms with Gasteiger partial charge in [-0.2, -0.15) is 0 Å². The number of nitrogen functional groups attached to an aromatic ring is 1. The molecule has 7 heteroatoms. The van der Waals surface area contributed by atoms with Crippen LogP contribution >= 0.6 is 0 Å². The summed E-state index contributed by atoms with van der Waals surface area (Å²) in [5, 5.41) is 0. The van der Waals surface area contributed by atoms with Gasteiger partial charge in [-0.25, -0.2) is 4.98 Å². The molecule has 0 aliphatic carbocycles. The van der Waals surface area contributed by atoms with Gasteiger partial charge in [-0.15, -0.1) is 0 Å². The van der Waals surface area contributed by atoms with E-state index in [1.54, 1.807) is 4.90 Å². The van der Waals surface area contributed by atoms with Gasteiger partial charge in [-0.1, -0.05) is 6.92 Å². The number of rotatable bonds is 3. The molecule has 0 aromatic carbocycles. The summed E-state index contributed by atoms with van der Waals surface area (Å²) in [6.45, 7) is 4.73. The lowest BCUT2D eigenvalue weighted by molar-refractivity contribution is -0.135. The number of likely N-dealkylation sites (tertiary alicyclic amines) is 2. The Bertz CT molecular complexity index is 605. The number of nitrogens with two attached hydrogens (primary N) is 1. The number of hydrogen-bond donors (Lipinski definition) is 1. The summed E-state index contributed by atoms with van der Waals surface area (Å²) in [6.07, 6.45) is 5.35. The number of carbonyl (C=O) groups excluding carboxylic acids is 2. The maximum atomic E-state index is 12.6. The van der Waals surface area contributed by atoms with Crippen LogP contribution in [0.25, 0.3) is 0 Å². The highest BCUT2D eigenvalue weighted by Gasteiger charge is 2.51. The van der Waals surface area contributed by atoms with E-state index in [9.17, 15) is 9.59 Å². The summed E-state index contributed by atoms with van der Waals surface area (Å²) in [7, 11) is 0. The quantitative estimate of drug-likeness (QED) is 0.879. The lowest BCUT2D eigenvalue weighted by Crippen LogP contribution is -2.38. The van der Waals surface area contributed by atoms with Crippen molar-refractivity contribution in [3.05, 3.63) is 18.1 Å². The van der Waals surface area contributed by atoms with E-state index in [2.05, 4.69) is 16.9 Å².